The van der Waals surface area contributed by atoms with Crippen molar-refractivity contribution in [1.82, 2.24) is 0 Å². The van der Waals surface area contributed by atoms with Crippen LogP contribution in [-0.2, 0) is 0 Å². The molecule has 0 heterocycles. The normalized spacial score (nSPS) is 10.2. The molecule has 0 bridgehead atoms. The molecule has 0 radical (unpaired) electrons. The molecule has 2 aromatic carbocycles. The molecule has 3 N–H and O–H groups in total. The number of benzene rings is 2. The number of hydrogen-bond donors (Lipinski definition) is 2. The Hall–Kier alpha value is -1.23. The van der Waals surface area contributed by atoms with Gasteiger partial charge in [0.2, 0.25) is 0 Å². The first-order chi connectivity index (χ1) is 9.11. The van der Waals surface area contributed by atoms with E-state index in [1.54, 1.807) is 17.8 Å². The van der Waals surface area contributed by atoms with E-state index >= 15 is 0 Å². The molecule has 0 aliphatic heterocycles. The number of nitrogens with two attached hydrogens (primary N) is 1. The number of thioether (sulfide) groups is 1. The number of hydrogen-bond acceptors (Lipinski definition) is 3. The zero-order valence-electron chi connectivity index (χ0n) is 10.3. The number of nitrogens with one attached hydrogen (secondary N) is 1. The van der Waals surface area contributed by atoms with Gasteiger partial charge in [-0.2, -0.15) is 0 Å². The molecule has 0 aromatic heterocycles. The summed E-state index contributed by atoms with van der Waals surface area (Å²) in [6.45, 7) is 0. The van der Waals surface area contributed by atoms with E-state index in [4.69, 9.17) is 29.6 Å². The van der Waals surface area contributed by atoms with Crippen LogP contribution >= 0.6 is 35.6 Å². The quantitative estimate of drug-likeness (QED) is 0.647. The smallest absolute Gasteiger partial charge is 0.107 e. The van der Waals surface area contributed by atoms with E-state index in [9.17, 15) is 0 Å². The Kier molecular flexibility index (Phi) is 4.69. The molecule has 0 unspecified atom stereocenters. The van der Waals surface area contributed by atoms with Gasteiger partial charge in [-0.05, 0) is 42.7 Å². The van der Waals surface area contributed by atoms with Crippen LogP contribution in [0.25, 0.3) is 0 Å². The van der Waals surface area contributed by atoms with Gasteiger partial charge in [-0.25, -0.2) is 0 Å². The van der Waals surface area contributed by atoms with E-state index < -0.39 is 0 Å². The molecule has 0 aliphatic rings. The lowest BCUT2D eigenvalue weighted by molar-refractivity contribution is 1.44. The van der Waals surface area contributed by atoms with E-state index in [1.807, 2.05) is 30.5 Å². The Labute approximate surface area is 127 Å². The van der Waals surface area contributed by atoms with E-state index in [0.717, 1.165) is 11.4 Å². The minimum absolute atomic E-state index is 0.286. The van der Waals surface area contributed by atoms with Gasteiger partial charge in [-0.15, -0.1) is 11.8 Å². The topological polar surface area (TPSA) is 38.0 Å². The zero-order chi connectivity index (χ0) is 13.8. The van der Waals surface area contributed by atoms with Gasteiger partial charge in [0.05, 0.1) is 16.3 Å². The Morgan fingerprint density at radius 1 is 1.21 bits per heavy atom. The third kappa shape index (κ3) is 3.41. The largest absolute Gasteiger partial charge is 0.389 e. The van der Waals surface area contributed by atoms with E-state index in [2.05, 4.69) is 17.4 Å². The molecule has 2 nitrogen and oxygen atoms in total. The van der Waals surface area contributed by atoms with E-state index in [-0.39, 0.29) is 4.99 Å². The Balaban J connectivity index is 2.32. The maximum Gasteiger partial charge on any atom is 0.107 e. The van der Waals surface area contributed by atoms with Crippen LogP contribution in [0.2, 0.25) is 5.02 Å². The summed E-state index contributed by atoms with van der Waals surface area (Å²) in [6, 6.07) is 13.7. The Morgan fingerprint density at radius 3 is 2.47 bits per heavy atom. The van der Waals surface area contributed by atoms with Crippen LogP contribution in [0, 0.1) is 0 Å². The highest BCUT2D eigenvalue weighted by Gasteiger charge is 2.09. The van der Waals surface area contributed by atoms with Crippen molar-refractivity contribution in [3.63, 3.8) is 0 Å². The monoisotopic (exact) mass is 308 g/mol. The SMILES string of the molecule is CSc1ccc(Nc2cccc(Cl)c2C(N)=S)cc1. The van der Waals surface area contributed by atoms with Gasteiger partial charge >= 0.3 is 0 Å². The molecule has 0 saturated carbocycles. The van der Waals surface area contributed by atoms with Crippen molar-refractivity contribution in [2.45, 2.75) is 4.90 Å². The fraction of sp³-hybridized carbons (Fsp3) is 0.0714. The van der Waals surface area contributed by atoms with Crippen LogP contribution in [0.15, 0.2) is 47.4 Å². The van der Waals surface area contributed by atoms with E-state index in [1.165, 1.54) is 4.90 Å². The predicted molar refractivity (Wildman–Crippen MR) is 88.8 cm³/mol. The highest BCUT2D eigenvalue weighted by atomic mass is 35.5. The standard InChI is InChI=1S/C14H13ClN2S2/c1-19-10-7-5-9(6-8-10)17-12-4-2-3-11(15)13(12)14(16)18/h2-8,17H,1H3,(H2,16,18). The lowest BCUT2D eigenvalue weighted by Gasteiger charge is -2.12. The Morgan fingerprint density at radius 2 is 1.89 bits per heavy atom. The minimum Gasteiger partial charge on any atom is -0.389 e. The second-order valence-electron chi connectivity index (χ2n) is 3.88. The molecule has 0 fully saturated rings. The molecule has 19 heavy (non-hydrogen) atoms. The minimum atomic E-state index is 0.286. The summed E-state index contributed by atoms with van der Waals surface area (Å²) in [5.41, 5.74) is 8.18. The summed E-state index contributed by atoms with van der Waals surface area (Å²) in [4.78, 5) is 1.50. The second-order valence-corrected chi connectivity index (χ2v) is 5.61. The number of rotatable bonds is 4. The molecule has 2 rings (SSSR count). The van der Waals surface area contributed by atoms with Crippen LogP contribution in [-0.4, -0.2) is 11.2 Å². The fourth-order valence-corrected chi connectivity index (χ4v) is 2.67. The molecular weight excluding hydrogens is 296 g/mol. The molecule has 0 amide bonds. The van der Waals surface area contributed by atoms with Crippen molar-refractivity contribution in [1.29, 1.82) is 0 Å². The van der Waals surface area contributed by atoms with Gasteiger partial charge in [0.1, 0.15) is 4.99 Å². The van der Waals surface area contributed by atoms with E-state index in [0.29, 0.717) is 10.6 Å². The first-order valence-corrected chi connectivity index (χ1v) is 7.62. The Bertz CT molecular complexity index is 597. The van der Waals surface area contributed by atoms with Gasteiger partial charge in [-0.3, -0.25) is 0 Å². The van der Waals surface area contributed by atoms with Gasteiger partial charge in [0.25, 0.3) is 0 Å². The van der Waals surface area contributed by atoms with Crippen LogP contribution in [0.4, 0.5) is 11.4 Å². The lowest BCUT2D eigenvalue weighted by Crippen LogP contribution is -2.12. The van der Waals surface area contributed by atoms with Crippen LogP contribution in [0.5, 0.6) is 0 Å². The van der Waals surface area contributed by atoms with Crippen molar-refractivity contribution in [2.75, 3.05) is 11.6 Å². The van der Waals surface area contributed by atoms with Crippen LogP contribution < -0.4 is 11.1 Å². The molecule has 0 spiro atoms. The lowest BCUT2D eigenvalue weighted by atomic mass is 10.1. The van der Waals surface area contributed by atoms with Gasteiger partial charge in [0, 0.05) is 10.6 Å². The number of thiocarbonyl (C=S) groups is 1. The first-order valence-electron chi connectivity index (χ1n) is 5.61. The molecule has 0 atom stereocenters. The maximum absolute atomic E-state index is 6.13. The maximum atomic E-state index is 6.13. The first kappa shape index (κ1) is 14.2. The van der Waals surface area contributed by atoms with Crippen LogP contribution in [0.1, 0.15) is 5.56 Å². The van der Waals surface area contributed by atoms with Crippen molar-refractivity contribution in [3.8, 4) is 0 Å². The summed E-state index contributed by atoms with van der Waals surface area (Å²) >= 11 is 12.9. The highest BCUT2D eigenvalue weighted by Crippen LogP contribution is 2.28. The molecular formula is C14H13ClN2S2. The fourth-order valence-electron chi connectivity index (χ4n) is 1.71. The van der Waals surface area contributed by atoms with Crippen molar-refractivity contribution < 1.29 is 0 Å². The van der Waals surface area contributed by atoms with Crippen LogP contribution in [0.3, 0.4) is 0 Å². The van der Waals surface area contributed by atoms with Crippen molar-refractivity contribution in [3.05, 3.63) is 53.1 Å². The van der Waals surface area contributed by atoms with Gasteiger partial charge < -0.3 is 11.1 Å². The van der Waals surface area contributed by atoms with Crippen molar-refractivity contribution >= 4 is 51.9 Å². The third-order valence-corrected chi connectivity index (χ3v) is 3.89. The van der Waals surface area contributed by atoms with Crippen molar-refractivity contribution in [2.24, 2.45) is 5.73 Å². The molecule has 98 valence electrons. The molecule has 2 aromatic rings. The van der Waals surface area contributed by atoms with Gasteiger partial charge in [-0.1, -0.05) is 29.9 Å². The molecule has 0 aliphatic carbocycles. The summed E-state index contributed by atoms with van der Waals surface area (Å²) in [6.07, 6.45) is 2.05. The molecule has 0 saturated heterocycles. The summed E-state index contributed by atoms with van der Waals surface area (Å²) in [5.74, 6) is 0. The molecule has 5 heteroatoms. The summed E-state index contributed by atoms with van der Waals surface area (Å²) < 4.78 is 0. The number of halogens is 1. The second kappa shape index (κ2) is 6.28. The summed E-state index contributed by atoms with van der Waals surface area (Å²) in [5, 5.41) is 3.84. The third-order valence-electron chi connectivity index (χ3n) is 2.63. The average Bonchev–Trinajstić information content (AvgIpc) is 2.39. The summed E-state index contributed by atoms with van der Waals surface area (Å²) in [7, 11) is 0. The predicted octanol–water partition coefficient (Wildman–Crippen LogP) is 4.44. The zero-order valence-corrected chi connectivity index (χ0v) is 12.7. The highest BCUT2D eigenvalue weighted by molar-refractivity contribution is 7.98. The van der Waals surface area contributed by atoms with Gasteiger partial charge in [0.15, 0.2) is 0 Å². The number of anilines is 2. The average molecular weight is 309 g/mol.